The van der Waals surface area contributed by atoms with Crippen LogP contribution in [-0.2, 0) is 9.53 Å². The van der Waals surface area contributed by atoms with Crippen LogP contribution in [0.3, 0.4) is 0 Å². The number of benzene rings is 1. The summed E-state index contributed by atoms with van der Waals surface area (Å²) in [4.78, 5) is 17.8. The number of carbonyl (C=O) groups excluding carboxylic acids is 1. The summed E-state index contributed by atoms with van der Waals surface area (Å²) in [5.41, 5.74) is 2.07. The van der Waals surface area contributed by atoms with Crippen molar-refractivity contribution in [3.8, 4) is 11.5 Å². The first kappa shape index (κ1) is 24.6. The van der Waals surface area contributed by atoms with Gasteiger partial charge in [0, 0.05) is 5.70 Å². The van der Waals surface area contributed by atoms with E-state index >= 15 is 0 Å². The van der Waals surface area contributed by atoms with Gasteiger partial charge in [0.2, 0.25) is 5.95 Å². The van der Waals surface area contributed by atoms with Crippen LogP contribution in [0.1, 0.15) is 77.3 Å². The Hall–Kier alpha value is -2.55. The third kappa shape index (κ3) is 5.24. The van der Waals surface area contributed by atoms with Crippen molar-refractivity contribution >= 4 is 27.8 Å². The van der Waals surface area contributed by atoms with E-state index in [0.717, 1.165) is 48.6 Å². The average Bonchev–Trinajstić information content (AvgIpc) is 3.28. The first-order valence-electron chi connectivity index (χ1n) is 12.2. The van der Waals surface area contributed by atoms with Gasteiger partial charge in [0.25, 0.3) is 0 Å². The topological polar surface area (TPSA) is 87.5 Å². The monoisotopic (exact) mass is 532 g/mol. The number of esters is 1. The van der Waals surface area contributed by atoms with E-state index in [1.807, 2.05) is 26.0 Å². The maximum Gasteiger partial charge on any atom is 0.338 e. The van der Waals surface area contributed by atoms with Crippen LogP contribution in [-0.4, -0.2) is 40.1 Å². The van der Waals surface area contributed by atoms with Gasteiger partial charge in [-0.05, 0) is 79.6 Å². The van der Waals surface area contributed by atoms with Gasteiger partial charge in [-0.2, -0.15) is 10.1 Å². The molecule has 1 atom stereocenters. The summed E-state index contributed by atoms with van der Waals surface area (Å²) in [6, 6.07) is 3.39. The Kier molecular flexibility index (Phi) is 8.13. The van der Waals surface area contributed by atoms with E-state index in [4.69, 9.17) is 14.2 Å². The van der Waals surface area contributed by atoms with Gasteiger partial charge in [0.1, 0.15) is 18.5 Å². The standard InChI is InChI=1S/C25H33BrN4O4/c1-4-6-12-33-23-19(26)13-17(14-20(23)32-5-2)22-21(16(3)29-25-27-15-28-30(22)25)24(31)34-18-10-8-7-9-11-18/h13-15,18,22H,4-12H2,1-3H3,(H,27,28,29). The first-order chi connectivity index (χ1) is 16.5. The quantitative estimate of drug-likeness (QED) is 0.323. The van der Waals surface area contributed by atoms with E-state index in [1.165, 1.54) is 12.7 Å². The van der Waals surface area contributed by atoms with E-state index in [9.17, 15) is 4.79 Å². The fourth-order valence-corrected chi connectivity index (χ4v) is 5.10. The minimum Gasteiger partial charge on any atom is -0.490 e. The molecule has 184 valence electrons. The number of rotatable bonds is 9. The number of fused-ring (bicyclic) bond motifs is 1. The Morgan fingerprint density at radius 2 is 2.00 bits per heavy atom. The molecule has 2 aromatic rings. The fraction of sp³-hybridized carbons (Fsp3) is 0.560. The van der Waals surface area contributed by atoms with Crippen molar-refractivity contribution in [2.75, 3.05) is 18.5 Å². The molecule has 1 fully saturated rings. The van der Waals surface area contributed by atoms with Crippen LogP contribution in [0.4, 0.5) is 5.95 Å². The maximum absolute atomic E-state index is 13.5. The highest BCUT2D eigenvalue weighted by Gasteiger charge is 2.36. The smallest absolute Gasteiger partial charge is 0.338 e. The zero-order valence-electron chi connectivity index (χ0n) is 20.1. The molecule has 1 aliphatic carbocycles. The molecule has 2 heterocycles. The minimum absolute atomic E-state index is 0.0422. The van der Waals surface area contributed by atoms with Crippen LogP contribution in [0.25, 0.3) is 0 Å². The van der Waals surface area contributed by atoms with Gasteiger partial charge in [-0.3, -0.25) is 0 Å². The molecular formula is C25H33BrN4O4. The first-order valence-corrected chi connectivity index (χ1v) is 13.0. The van der Waals surface area contributed by atoms with Gasteiger partial charge in [-0.25, -0.2) is 9.48 Å². The van der Waals surface area contributed by atoms with Crippen LogP contribution in [0, 0.1) is 0 Å². The molecule has 0 amide bonds. The second kappa shape index (κ2) is 11.3. The zero-order chi connectivity index (χ0) is 24.1. The number of carbonyl (C=O) groups is 1. The van der Waals surface area contributed by atoms with Crippen LogP contribution in [0.5, 0.6) is 11.5 Å². The molecule has 2 aliphatic rings. The predicted molar refractivity (Wildman–Crippen MR) is 133 cm³/mol. The van der Waals surface area contributed by atoms with Gasteiger partial charge >= 0.3 is 5.97 Å². The third-order valence-electron chi connectivity index (χ3n) is 6.23. The molecule has 1 N–H and O–H groups in total. The molecule has 0 saturated heterocycles. The van der Waals surface area contributed by atoms with E-state index in [2.05, 4.69) is 38.3 Å². The normalized spacial score (nSPS) is 18.3. The van der Waals surface area contributed by atoms with Gasteiger partial charge in [0.05, 0.1) is 23.3 Å². The second-order valence-corrected chi connectivity index (χ2v) is 9.58. The van der Waals surface area contributed by atoms with Gasteiger partial charge in [-0.1, -0.05) is 19.8 Å². The maximum atomic E-state index is 13.5. The van der Waals surface area contributed by atoms with Gasteiger partial charge in [0.15, 0.2) is 11.5 Å². The number of ether oxygens (including phenoxy) is 3. The van der Waals surface area contributed by atoms with Gasteiger partial charge < -0.3 is 19.5 Å². The van der Waals surface area contributed by atoms with E-state index in [1.54, 1.807) is 4.68 Å². The molecular weight excluding hydrogens is 500 g/mol. The summed E-state index contributed by atoms with van der Waals surface area (Å²) in [7, 11) is 0. The number of hydrogen-bond acceptors (Lipinski definition) is 7. The third-order valence-corrected chi connectivity index (χ3v) is 6.82. The number of aromatic nitrogens is 3. The van der Waals surface area contributed by atoms with E-state index in [-0.39, 0.29) is 12.1 Å². The van der Waals surface area contributed by atoms with Crippen molar-refractivity contribution in [1.29, 1.82) is 0 Å². The highest BCUT2D eigenvalue weighted by molar-refractivity contribution is 9.10. The zero-order valence-corrected chi connectivity index (χ0v) is 21.7. The predicted octanol–water partition coefficient (Wildman–Crippen LogP) is 5.78. The van der Waals surface area contributed by atoms with Crippen molar-refractivity contribution in [2.24, 2.45) is 0 Å². The van der Waals surface area contributed by atoms with Crippen molar-refractivity contribution in [2.45, 2.75) is 77.9 Å². The van der Waals surface area contributed by atoms with Crippen molar-refractivity contribution < 1.29 is 19.0 Å². The van der Waals surface area contributed by atoms with E-state index in [0.29, 0.717) is 41.9 Å². The number of hydrogen-bond donors (Lipinski definition) is 1. The van der Waals surface area contributed by atoms with Crippen molar-refractivity contribution in [3.63, 3.8) is 0 Å². The summed E-state index contributed by atoms with van der Waals surface area (Å²) in [5.74, 6) is 1.55. The van der Waals surface area contributed by atoms with Crippen molar-refractivity contribution in [3.05, 3.63) is 39.8 Å². The Labute approximate surface area is 209 Å². The molecule has 1 saturated carbocycles. The second-order valence-electron chi connectivity index (χ2n) is 8.72. The SMILES string of the molecule is CCCCOc1c(Br)cc(C2C(C(=O)OC3CCCCC3)=C(C)Nc3ncnn32)cc1OCC. The Bertz CT molecular complexity index is 1050. The lowest BCUT2D eigenvalue weighted by Crippen LogP contribution is -2.32. The number of nitrogens with one attached hydrogen (secondary N) is 1. The Balaban J connectivity index is 1.72. The molecule has 1 aliphatic heterocycles. The summed E-state index contributed by atoms with van der Waals surface area (Å²) in [5, 5.41) is 7.64. The molecule has 0 bridgehead atoms. The lowest BCUT2D eigenvalue weighted by atomic mass is 9.94. The number of allylic oxidation sites excluding steroid dienone is 1. The number of anilines is 1. The fourth-order valence-electron chi connectivity index (χ4n) is 4.53. The molecule has 1 aromatic carbocycles. The lowest BCUT2D eigenvalue weighted by molar-refractivity contribution is -0.146. The molecule has 0 radical (unpaired) electrons. The van der Waals surface area contributed by atoms with Crippen LogP contribution < -0.4 is 14.8 Å². The molecule has 1 aromatic heterocycles. The average molecular weight is 533 g/mol. The lowest BCUT2D eigenvalue weighted by Gasteiger charge is -2.30. The molecule has 1 unspecified atom stereocenters. The Morgan fingerprint density at radius 1 is 1.21 bits per heavy atom. The molecule has 0 spiro atoms. The van der Waals surface area contributed by atoms with Gasteiger partial charge in [-0.15, -0.1) is 0 Å². The number of unbranched alkanes of at least 4 members (excludes halogenated alkanes) is 1. The largest absolute Gasteiger partial charge is 0.490 e. The van der Waals surface area contributed by atoms with Crippen LogP contribution in [0.2, 0.25) is 0 Å². The minimum atomic E-state index is -0.505. The highest BCUT2D eigenvalue weighted by atomic mass is 79.9. The van der Waals surface area contributed by atoms with Crippen LogP contribution >= 0.6 is 15.9 Å². The molecule has 4 rings (SSSR count). The molecule has 9 heteroatoms. The Morgan fingerprint density at radius 3 is 2.74 bits per heavy atom. The van der Waals surface area contributed by atoms with Crippen molar-refractivity contribution in [1.82, 2.24) is 14.8 Å². The number of nitrogens with zero attached hydrogens (tertiary/aromatic N) is 3. The van der Waals surface area contributed by atoms with E-state index < -0.39 is 6.04 Å². The molecule has 34 heavy (non-hydrogen) atoms. The summed E-state index contributed by atoms with van der Waals surface area (Å²) in [6.07, 6.45) is 8.64. The summed E-state index contributed by atoms with van der Waals surface area (Å²) < 4.78 is 20.4. The highest BCUT2D eigenvalue weighted by Crippen LogP contribution is 2.43. The summed E-state index contributed by atoms with van der Waals surface area (Å²) in [6.45, 7) is 7.04. The summed E-state index contributed by atoms with van der Waals surface area (Å²) >= 11 is 3.67. The molecule has 8 nitrogen and oxygen atoms in total. The van der Waals surface area contributed by atoms with Crippen LogP contribution in [0.15, 0.2) is 34.2 Å². The number of halogens is 1.